The van der Waals surface area contributed by atoms with E-state index in [2.05, 4.69) is 4.98 Å². The largest absolute Gasteiger partial charge is 0.306 e. The molecule has 4 nitrogen and oxygen atoms in total. The topological polar surface area (TPSA) is 50.3 Å². The highest BCUT2D eigenvalue weighted by Gasteiger charge is 2.26. The van der Waals surface area contributed by atoms with Gasteiger partial charge in [-0.2, -0.15) is 0 Å². The molecule has 1 amide bonds. The Balaban J connectivity index is 2.01. The second kappa shape index (κ2) is 5.44. The highest BCUT2D eigenvalue weighted by Crippen LogP contribution is 2.27. The van der Waals surface area contributed by atoms with Gasteiger partial charge in [0, 0.05) is 18.5 Å². The molecule has 2 aromatic rings. The molecule has 3 rings (SSSR count). The minimum Gasteiger partial charge on any atom is -0.306 e. The van der Waals surface area contributed by atoms with Gasteiger partial charge in [0.25, 0.3) is 5.91 Å². The number of carbonyl (C=O) groups is 2. The standard InChI is InChI=1S/C16H13FN2O2/c17-11-7-8-13(18-10-11)16(21)19-9-3-6-15(20)12-4-1-2-5-14(12)19/h1-2,4-5,7-8,10H,3,6,9H2. The summed E-state index contributed by atoms with van der Waals surface area (Å²) in [6.45, 7) is 0.445. The molecule has 0 bridgehead atoms. The number of anilines is 1. The Labute approximate surface area is 121 Å². The van der Waals surface area contributed by atoms with E-state index in [0.717, 1.165) is 6.20 Å². The maximum absolute atomic E-state index is 12.9. The molecule has 0 saturated heterocycles. The van der Waals surface area contributed by atoms with Crippen LogP contribution in [-0.4, -0.2) is 23.2 Å². The summed E-state index contributed by atoms with van der Waals surface area (Å²) in [5.74, 6) is -0.775. The van der Waals surface area contributed by atoms with E-state index in [1.54, 1.807) is 29.2 Å². The van der Waals surface area contributed by atoms with E-state index in [1.807, 2.05) is 0 Å². The summed E-state index contributed by atoms with van der Waals surface area (Å²) < 4.78 is 12.9. The number of Topliss-reactive ketones (excluding diaryl/α,β-unsaturated/α-hetero) is 1. The Morgan fingerprint density at radius 2 is 2.00 bits per heavy atom. The third kappa shape index (κ3) is 2.54. The van der Waals surface area contributed by atoms with Crippen molar-refractivity contribution in [3.8, 4) is 0 Å². The summed E-state index contributed by atoms with van der Waals surface area (Å²) in [6.07, 6.45) is 2.03. The van der Waals surface area contributed by atoms with Gasteiger partial charge in [-0.05, 0) is 30.7 Å². The SMILES string of the molecule is O=C1CCCN(C(=O)c2ccc(F)cn2)c2ccccc21. The molecule has 0 fully saturated rings. The van der Waals surface area contributed by atoms with Gasteiger partial charge in [-0.25, -0.2) is 9.37 Å². The minimum atomic E-state index is -0.488. The number of fused-ring (bicyclic) bond motifs is 1. The number of para-hydroxylation sites is 1. The molecule has 0 saturated carbocycles. The van der Waals surface area contributed by atoms with E-state index in [1.165, 1.54) is 12.1 Å². The lowest BCUT2D eigenvalue weighted by atomic mass is 10.1. The monoisotopic (exact) mass is 284 g/mol. The van der Waals surface area contributed by atoms with Gasteiger partial charge in [-0.3, -0.25) is 9.59 Å². The van der Waals surface area contributed by atoms with Crippen molar-refractivity contribution in [3.05, 3.63) is 59.7 Å². The van der Waals surface area contributed by atoms with Crippen LogP contribution in [-0.2, 0) is 0 Å². The zero-order valence-corrected chi connectivity index (χ0v) is 11.3. The fourth-order valence-electron chi connectivity index (χ4n) is 2.45. The van der Waals surface area contributed by atoms with Crippen molar-refractivity contribution in [1.82, 2.24) is 4.98 Å². The van der Waals surface area contributed by atoms with Crippen LogP contribution < -0.4 is 4.90 Å². The van der Waals surface area contributed by atoms with Gasteiger partial charge in [0.2, 0.25) is 0 Å². The molecule has 0 N–H and O–H groups in total. The van der Waals surface area contributed by atoms with Crippen LogP contribution >= 0.6 is 0 Å². The fraction of sp³-hybridized carbons (Fsp3) is 0.188. The summed E-state index contributed by atoms with van der Waals surface area (Å²) in [5, 5.41) is 0. The first-order valence-electron chi connectivity index (χ1n) is 6.72. The first-order chi connectivity index (χ1) is 10.2. The molecule has 1 aliphatic rings. The Bertz CT molecular complexity index is 698. The number of rotatable bonds is 1. The lowest BCUT2D eigenvalue weighted by Gasteiger charge is -2.22. The van der Waals surface area contributed by atoms with Crippen LogP contribution in [0.3, 0.4) is 0 Å². The summed E-state index contributed by atoms with van der Waals surface area (Å²) in [4.78, 5) is 30.0. The van der Waals surface area contributed by atoms with Gasteiger partial charge in [-0.15, -0.1) is 0 Å². The van der Waals surface area contributed by atoms with Crippen molar-refractivity contribution in [2.24, 2.45) is 0 Å². The molecule has 0 aliphatic carbocycles. The van der Waals surface area contributed by atoms with Crippen LogP contribution in [0.1, 0.15) is 33.7 Å². The quantitative estimate of drug-likeness (QED) is 0.809. The van der Waals surface area contributed by atoms with Gasteiger partial charge in [0.15, 0.2) is 5.78 Å². The average molecular weight is 284 g/mol. The number of carbonyl (C=O) groups excluding carboxylic acids is 2. The van der Waals surface area contributed by atoms with E-state index in [4.69, 9.17) is 0 Å². The van der Waals surface area contributed by atoms with Crippen LogP contribution in [0, 0.1) is 5.82 Å². The summed E-state index contributed by atoms with van der Waals surface area (Å²) in [7, 11) is 0. The molecule has 1 aromatic heterocycles. The molecule has 106 valence electrons. The van der Waals surface area contributed by atoms with Crippen molar-refractivity contribution < 1.29 is 14.0 Å². The van der Waals surface area contributed by atoms with Crippen LogP contribution in [0.5, 0.6) is 0 Å². The maximum atomic E-state index is 12.9. The molecule has 1 aliphatic heterocycles. The molecule has 0 spiro atoms. The van der Waals surface area contributed by atoms with Crippen LogP contribution in [0.15, 0.2) is 42.6 Å². The van der Waals surface area contributed by atoms with Crippen molar-refractivity contribution in [2.45, 2.75) is 12.8 Å². The number of halogens is 1. The molecule has 1 aromatic carbocycles. The second-order valence-electron chi connectivity index (χ2n) is 4.86. The number of aromatic nitrogens is 1. The maximum Gasteiger partial charge on any atom is 0.276 e. The smallest absolute Gasteiger partial charge is 0.276 e. The van der Waals surface area contributed by atoms with Crippen molar-refractivity contribution in [1.29, 1.82) is 0 Å². The van der Waals surface area contributed by atoms with Gasteiger partial charge in [-0.1, -0.05) is 12.1 Å². The Morgan fingerprint density at radius 3 is 2.76 bits per heavy atom. The Kier molecular flexibility index (Phi) is 3.48. The number of hydrogen-bond acceptors (Lipinski definition) is 3. The number of amides is 1. The van der Waals surface area contributed by atoms with Crippen LogP contribution in [0.4, 0.5) is 10.1 Å². The normalized spacial score (nSPS) is 14.5. The van der Waals surface area contributed by atoms with Crippen LogP contribution in [0.2, 0.25) is 0 Å². The van der Waals surface area contributed by atoms with E-state index in [9.17, 15) is 14.0 Å². The van der Waals surface area contributed by atoms with E-state index in [-0.39, 0.29) is 17.4 Å². The third-order valence-electron chi connectivity index (χ3n) is 3.47. The minimum absolute atomic E-state index is 0.0352. The number of pyridine rings is 1. The first-order valence-corrected chi connectivity index (χ1v) is 6.72. The number of nitrogens with zero attached hydrogens (tertiary/aromatic N) is 2. The Hall–Kier alpha value is -2.56. The molecule has 0 radical (unpaired) electrons. The molecule has 0 unspecified atom stereocenters. The molecule has 0 atom stereocenters. The van der Waals surface area contributed by atoms with Crippen molar-refractivity contribution in [2.75, 3.05) is 11.4 Å². The molecule has 21 heavy (non-hydrogen) atoms. The number of hydrogen-bond donors (Lipinski definition) is 0. The zero-order valence-electron chi connectivity index (χ0n) is 11.3. The molecule has 2 heterocycles. The second-order valence-corrected chi connectivity index (χ2v) is 4.86. The molecular weight excluding hydrogens is 271 g/mol. The molecule has 5 heteroatoms. The fourth-order valence-corrected chi connectivity index (χ4v) is 2.45. The van der Waals surface area contributed by atoms with Crippen LogP contribution in [0.25, 0.3) is 0 Å². The van der Waals surface area contributed by atoms with Gasteiger partial charge >= 0.3 is 0 Å². The highest BCUT2D eigenvalue weighted by molar-refractivity contribution is 6.10. The molecular formula is C16H13FN2O2. The highest BCUT2D eigenvalue weighted by atomic mass is 19.1. The number of ketones is 1. The van der Waals surface area contributed by atoms with Crippen molar-refractivity contribution >= 4 is 17.4 Å². The van der Waals surface area contributed by atoms with E-state index >= 15 is 0 Å². The summed E-state index contributed by atoms with van der Waals surface area (Å²) >= 11 is 0. The van der Waals surface area contributed by atoms with Crippen molar-refractivity contribution in [3.63, 3.8) is 0 Å². The van der Waals surface area contributed by atoms with Gasteiger partial charge in [0.05, 0.1) is 11.9 Å². The van der Waals surface area contributed by atoms with E-state index < -0.39 is 5.82 Å². The summed E-state index contributed by atoms with van der Waals surface area (Å²) in [6, 6.07) is 9.60. The zero-order chi connectivity index (χ0) is 14.8. The predicted molar refractivity (Wildman–Crippen MR) is 75.9 cm³/mol. The first kappa shape index (κ1) is 13.4. The van der Waals surface area contributed by atoms with Gasteiger partial charge < -0.3 is 4.90 Å². The third-order valence-corrected chi connectivity index (χ3v) is 3.47. The predicted octanol–water partition coefficient (Wildman–Crippen LogP) is 2.84. The summed E-state index contributed by atoms with van der Waals surface area (Å²) in [5.41, 5.74) is 1.31. The van der Waals surface area contributed by atoms with Gasteiger partial charge in [0.1, 0.15) is 11.5 Å². The Morgan fingerprint density at radius 1 is 1.19 bits per heavy atom. The lowest BCUT2D eigenvalue weighted by Crippen LogP contribution is -2.32. The number of benzene rings is 1. The average Bonchev–Trinajstić information content (AvgIpc) is 2.67. The lowest BCUT2D eigenvalue weighted by molar-refractivity contribution is 0.0971. The van der Waals surface area contributed by atoms with E-state index in [0.29, 0.717) is 30.6 Å².